The molecule has 1 fully saturated rings. The first kappa shape index (κ1) is 4.13. The third kappa shape index (κ3) is 0.541. The molecule has 0 aromatic carbocycles. The van der Waals surface area contributed by atoms with Crippen LogP contribution in [0.4, 0.5) is 0 Å². The summed E-state index contributed by atoms with van der Waals surface area (Å²) in [5, 5.41) is 8.06. The molecule has 3 nitrogen and oxygen atoms in total. The number of hydrogen-bond acceptors (Lipinski definition) is 2. The van der Waals surface area contributed by atoms with Crippen LogP contribution in [0.5, 0.6) is 0 Å². The molecular weight excluding hydrogens is 92.1 g/mol. The van der Waals surface area contributed by atoms with Crippen molar-refractivity contribution in [3.8, 4) is 6.07 Å². The van der Waals surface area contributed by atoms with Crippen molar-refractivity contribution in [2.75, 3.05) is 6.54 Å². The van der Waals surface area contributed by atoms with Crippen molar-refractivity contribution in [3.63, 3.8) is 0 Å². The highest BCUT2D eigenvalue weighted by Crippen LogP contribution is 2.10. The molecule has 1 unspecified atom stereocenters. The molecule has 0 aromatic rings. The predicted molar refractivity (Wildman–Crippen MR) is 22.2 cm³/mol. The summed E-state index contributed by atoms with van der Waals surface area (Å²) in [6.45, 7) is 0.625. The van der Waals surface area contributed by atoms with Crippen LogP contribution < -0.4 is 0 Å². The molecule has 1 amide bonds. The second kappa shape index (κ2) is 1.23. The highest BCUT2D eigenvalue weighted by Gasteiger charge is 2.31. The lowest BCUT2D eigenvalue weighted by molar-refractivity contribution is -0.113. The number of nitrogens with zero attached hydrogens (tertiary/aromatic N) is 2. The van der Waals surface area contributed by atoms with Crippen LogP contribution in [0.1, 0.15) is 0 Å². The smallest absolute Gasteiger partial charge is 0.210 e. The maximum Gasteiger partial charge on any atom is 0.210 e. The first-order chi connectivity index (χ1) is 3.38. The summed E-state index contributed by atoms with van der Waals surface area (Å²) in [5.74, 6) is 0. The van der Waals surface area contributed by atoms with E-state index in [2.05, 4.69) is 0 Å². The van der Waals surface area contributed by atoms with Crippen LogP contribution in [0.3, 0.4) is 0 Å². The molecular formula is C4H4N2O. The molecule has 0 spiro atoms. The second-order valence-electron chi connectivity index (χ2n) is 1.45. The second-order valence-corrected chi connectivity index (χ2v) is 1.45. The van der Waals surface area contributed by atoms with Gasteiger partial charge in [0.15, 0.2) is 0 Å². The third-order valence-corrected chi connectivity index (χ3v) is 0.935. The summed E-state index contributed by atoms with van der Waals surface area (Å²) in [4.78, 5) is 11.1. The lowest BCUT2D eigenvalue weighted by Gasteiger charge is -1.76. The van der Waals surface area contributed by atoms with Gasteiger partial charge in [-0.15, -0.1) is 0 Å². The van der Waals surface area contributed by atoms with E-state index >= 15 is 0 Å². The number of carbonyl (C=O) groups excluding carboxylic acids is 1. The minimum Gasteiger partial charge on any atom is -0.324 e. The molecule has 1 atom stereocenters. The molecule has 0 aromatic heterocycles. The summed E-state index contributed by atoms with van der Waals surface area (Å²) in [7, 11) is 0. The van der Waals surface area contributed by atoms with Gasteiger partial charge in [0.1, 0.15) is 6.04 Å². The van der Waals surface area contributed by atoms with Crippen molar-refractivity contribution in [2.45, 2.75) is 6.04 Å². The van der Waals surface area contributed by atoms with Gasteiger partial charge >= 0.3 is 0 Å². The molecule has 0 saturated carbocycles. The number of nitriles is 1. The maximum atomic E-state index is 9.71. The van der Waals surface area contributed by atoms with Gasteiger partial charge in [-0.2, -0.15) is 5.26 Å². The van der Waals surface area contributed by atoms with Crippen molar-refractivity contribution in [3.05, 3.63) is 0 Å². The minimum atomic E-state index is -0.113. The maximum absolute atomic E-state index is 9.71. The molecule has 0 N–H and O–H groups in total. The van der Waals surface area contributed by atoms with Gasteiger partial charge in [-0.3, -0.25) is 4.79 Å². The van der Waals surface area contributed by atoms with E-state index in [9.17, 15) is 4.79 Å². The first-order valence-corrected chi connectivity index (χ1v) is 1.99. The molecule has 1 heterocycles. The third-order valence-electron chi connectivity index (χ3n) is 0.935. The summed E-state index contributed by atoms with van der Waals surface area (Å²) in [6, 6.07) is 1.82. The van der Waals surface area contributed by atoms with Gasteiger partial charge in [0.2, 0.25) is 6.41 Å². The van der Waals surface area contributed by atoms with Gasteiger partial charge < -0.3 is 4.90 Å². The van der Waals surface area contributed by atoms with E-state index in [0.29, 0.717) is 13.0 Å². The van der Waals surface area contributed by atoms with Gasteiger partial charge in [-0.1, -0.05) is 0 Å². The lowest BCUT2D eigenvalue weighted by Crippen LogP contribution is -1.93. The standard InChI is InChI=1S/C4H4N2O/c5-1-4-2-6(4)3-7/h3-4H,2H2. The summed E-state index contributed by atoms with van der Waals surface area (Å²) in [6.07, 6.45) is 0.688. The van der Waals surface area contributed by atoms with Crippen molar-refractivity contribution >= 4 is 6.41 Å². The Kier molecular flexibility index (Phi) is 0.724. The highest BCUT2D eigenvalue weighted by molar-refractivity contribution is 5.53. The molecule has 36 valence electrons. The summed E-state index contributed by atoms with van der Waals surface area (Å²) >= 11 is 0. The van der Waals surface area contributed by atoms with E-state index in [4.69, 9.17) is 5.26 Å². The number of amides is 1. The number of hydrogen-bond donors (Lipinski definition) is 0. The largest absolute Gasteiger partial charge is 0.324 e. The van der Waals surface area contributed by atoms with Crippen LogP contribution in [-0.2, 0) is 4.79 Å². The van der Waals surface area contributed by atoms with Crippen molar-refractivity contribution < 1.29 is 4.79 Å². The van der Waals surface area contributed by atoms with E-state index in [-0.39, 0.29) is 6.04 Å². The van der Waals surface area contributed by atoms with E-state index in [1.165, 1.54) is 4.90 Å². The highest BCUT2D eigenvalue weighted by atomic mass is 16.1. The minimum absolute atomic E-state index is 0.113. The monoisotopic (exact) mass is 96.0 g/mol. The predicted octanol–water partition coefficient (Wildman–Crippen LogP) is -0.649. The van der Waals surface area contributed by atoms with Gasteiger partial charge in [-0.25, -0.2) is 0 Å². The Labute approximate surface area is 41.1 Å². The Morgan fingerprint density at radius 1 is 2.00 bits per heavy atom. The van der Waals surface area contributed by atoms with Gasteiger partial charge in [0.05, 0.1) is 12.6 Å². The van der Waals surface area contributed by atoms with Gasteiger partial charge in [0.25, 0.3) is 0 Å². The van der Waals surface area contributed by atoms with Crippen LogP contribution in [0.2, 0.25) is 0 Å². The lowest BCUT2D eigenvalue weighted by atomic mass is 10.5. The quantitative estimate of drug-likeness (QED) is 0.321. The Bertz CT molecular complexity index is 126. The average molecular weight is 96.1 g/mol. The van der Waals surface area contributed by atoms with E-state index < -0.39 is 0 Å². The molecule has 0 radical (unpaired) electrons. The fourth-order valence-electron chi connectivity index (χ4n) is 0.384. The van der Waals surface area contributed by atoms with Crippen LogP contribution in [0.15, 0.2) is 0 Å². The van der Waals surface area contributed by atoms with E-state index in [1.54, 1.807) is 0 Å². The normalized spacial score (nSPS) is 26.1. The van der Waals surface area contributed by atoms with Crippen LogP contribution in [-0.4, -0.2) is 23.9 Å². The first-order valence-electron chi connectivity index (χ1n) is 1.99. The molecule has 1 saturated heterocycles. The van der Waals surface area contributed by atoms with Crippen LogP contribution in [0, 0.1) is 11.3 Å². The van der Waals surface area contributed by atoms with Gasteiger partial charge in [0, 0.05) is 0 Å². The Hall–Kier alpha value is -1.04. The molecule has 0 aliphatic carbocycles. The molecule has 1 aliphatic rings. The van der Waals surface area contributed by atoms with Crippen molar-refractivity contribution in [1.82, 2.24) is 4.90 Å². The number of rotatable bonds is 1. The fourth-order valence-corrected chi connectivity index (χ4v) is 0.384. The average Bonchev–Trinajstić information content (AvgIpc) is 2.43. The zero-order valence-corrected chi connectivity index (χ0v) is 3.66. The summed E-state index contributed by atoms with van der Waals surface area (Å²) < 4.78 is 0. The molecule has 1 aliphatic heterocycles. The zero-order valence-electron chi connectivity index (χ0n) is 3.66. The molecule has 3 heteroatoms. The SMILES string of the molecule is N#CC1CN1C=O. The van der Waals surface area contributed by atoms with Crippen LogP contribution in [0.25, 0.3) is 0 Å². The van der Waals surface area contributed by atoms with E-state index in [0.717, 1.165) is 0 Å². The Morgan fingerprint density at radius 3 is 2.86 bits per heavy atom. The molecule has 1 rings (SSSR count). The molecule has 0 bridgehead atoms. The summed E-state index contributed by atoms with van der Waals surface area (Å²) in [5.41, 5.74) is 0. The van der Waals surface area contributed by atoms with Crippen LogP contribution >= 0.6 is 0 Å². The van der Waals surface area contributed by atoms with Gasteiger partial charge in [-0.05, 0) is 0 Å². The van der Waals surface area contributed by atoms with Crippen molar-refractivity contribution in [2.24, 2.45) is 0 Å². The zero-order chi connectivity index (χ0) is 5.28. The van der Waals surface area contributed by atoms with Crippen molar-refractivity contribution in [1.29, 1.82) is 5.26 Å². The Balaban J connectivity index is 2.34. The Morgan fingerprint density at radius 2 is 2.71 bits per heavy atom. The van der Waals surface area contributed by atoms with E-state index in [1.807, 2.05) is 6.07 Å². The molecule has 7 heavy (non-hydrogen) atoms. The topological polar surface area (TPSA) is 43.9 Å². The number of carbonyl (C=O) groups is 1. The fraction of sp³-hybridized carbons (Fsp3) is 0.500.